The summed E-state index contributed by atoms with van der Waals surface area (Å²) in [6.45, 7) is 0. The fourth-order valence-electron chi connectivity index (χ4n) is 2.55. The number of fused-ring (bicyclic) bond motifs is 2. The minimum atomic E-state index is -0.0584. The Hall–Kier alpha value is -2.95. The Balaban J connectivity index is 0.00000144. The van der Waals surface area contributed by atoms with Crippen LogP contribution >= 0.6 is 0 Å². The number of hydrogen-bond acceptors (Lipinski definition) is 3. The predicted octanol–water partition coefficient (Wildman–Crippen LogP) is 2.41. The van der Waals surface area contributed by atoms with Crippen LogP contribution in [0.15, 0.2) is 59.7 Å². The summed E-state index contributed by atoms with van der Waals surface area (Å²) in [5, 5.41) is 9.36. The normalized spacial score (nSPS) is 11.2. The van der Waals surface area contributed by atoms with Gasteiger partial charge in [0.15, 0.2) is 0 Å². The van der Waals surface area contributed by atoms with E-state index >= 15 is 0 Å². The van der Waals surface area contributed by atoms with Crippen molar-refractivity contribution >= 4 is 16.4 Å². The largest absolute Gasteiger partial charge is 0.322 e. The van der Waals surface area contributed by atoms with Crippen molar-refractivity contribution in [2.75, 3.05) is 0 Å². The molecule has 0 atom stereocenters. The number of H-pyrrole nitrogens is 1. The summed E-state index contributed by atoms with van der Waals surface area (Å²) in [5.41, 5.74) is 3.44. The first-order valence-corrected chi connectivity index (χ1v) is 6.70. The molecule has 0 aliphatic carbocycles. The van der Waals surface area contributed by atoms with Crippen LogP contribution in [-0.2, 0) is 6.42 Å². The van der Waals surface area contributed by atoms with Crippen LogP contribution in [0, 0.1) is 0 Å². The van der Waals surface area contributed by atoms with Crippen LogP contribution in [0.25, 0.3) is 16.4 Å². The van der Waals surface area contributed by atoms with E-state index in [2.05, 4.69) is 15.2 Å². The van der Waals surface area contributed by atoms with Gasteiger partial charge in [-0.2, -0.15) is 14.8 Å². The standard InChI is InChI=1S/C16H12N4O.H2/c21-16-12(8-11-4-1-2-5-14(11)19-16)9-13-10-18-20-15(13)6-3-7-17-20;/h1-8,10H,9H2,(H,19,21);1H. The number of nitrogens with zero attached hydrogens (tertiary/aromatic N) is 3. The number of aromatic amines is 1. The molecule has 3 heterocycles. The first-order valence-electron chi connectivity index (χ1n) is 6.70. The van der Waals surface area contributed by atoms with E-state index < -0.39 is 0 Å². The molecule has 0 unspecified atom stereocenters. The van der Waals surface area contributed by atoms with Gasteiger partial charge in [-0.1, -0.05) is 18.2 Å². The predicted molar refractivity (Wildman–Crippen MR) is 82.5 cm³/mol. The summed E-state index contributed by atoms with van der Waals surface area (Å²) in [5.74, 6) is 0. The SMILES string of the molecule is O=c1[nH]c2ccccc2cc1Cc1cnn2ncccc12.[HH]. The summed E-state index contributed by atoms with van der Waals surface area (Å²) in [7, 11) is 0. The van der Waals surface area contributed by atoms with Crippen molar-refractivity contribution in [1.29, 1.82) is 0 Å². The van der Waals surface area contributed by atoms with Crippen LogP contribution in [0.4, 0.5) is 0 Å². The van der Waals surface area contributed by atoms with Gasteiger partial charge < -0.3 is 4.98 Å². The van der Waals surface area contributed by atoms with E-state index in [-0.39, 0.29) is 6.99 Å². The van der Waals surface area contributed by atoms with Crippen molar-refractivity contribution in [1.82, 2.24) is 19.8 Å². The van der Waals surface area contributed by atoms with Gasteiger partial charge in [-0.3, -0.25) is 4.79 Å². The van der Waals surface area contributed by atoms with E-state index in [0.717, 1.165) is 27.5 Å². The van der Waals surface area contributed by atoms with Gasteiger partial charge in [-0.25, -0.2) is 0 Å². The number of rotatable bonds is 2. The molecule has 0 saturated heterocycles. The monoisotopic (exact) mass is 278 g/mol. The lowest BCUT2D eigenvalue weighted by atomic mass is 10.1. The third kappa shape index (κ3) is 1.99. The highest BCUT2D eigenvalue weighted by Crippen LogP contribution is 2.15. The molecule has 1 N–H and O–H groups in total. The van der Waals surface area contributed by atoms with Crippen molar-refractivity contribution in [2.45, 2.75) is 6.42 Å². The first kappa shape index (κ1) is 11.8. The molecule has 4 rings (SSSR count). The highest BCUT2D eigenvalue weighted by Gasteiger charge is 2.08. The van der Waals surface area contributed by atoms with Crippen LogP contribution in [0.5, 0.6) is 0 Å². The molecule has 5 nitrogen and oxygen atoms in total. The maximum atomic E-state index is 12.2. The third-order valence-electron chi connectivity index (χ3n) is 3.59. The van der Waals surface area contributed by atoms with Crippen LogP contribution in [0.3, 0.4) is 0 Å². The highest BCUT2D eigenvalue weighted by atomic mass is 16.1. The van der Waals surface area contributed by atoms with E-state index in [1.165, 1.54) is 0 Å². The molecule has 0 aliphatic heterocycles. The molecule has 0 aliphatic rings. The highest BCUT2D eigenvalue weighted by molar-refractivity contribution is 5.78. The Labute approximate surface area is 121 Å². The summed E-state index contributed by atoms with van der Waals surface area (Å²) in [4.78, 5) is 15.1. The molecule has 4 aromatic rings. The second kappa shape index (κ2) is 4.56. The van der Waals surface area contributed by atoms with Gasteiger partial charge in [-0.05, 0) is 29.7 Å². The third-order valence-corrected chi connectivity index (χ3v) is 3.59. The van der Waals surface area contributed by atoms with Crippen LogP contribution in [0.2, 0.25) is 0 Å². The fraction of sp³-hybridized carbons (Fsp3) is 0.0625. The lowest BCUT2D eigenvalue weighted by Gasteiger charge is -2.02. The molecule has 1 aromatic carbocycles. The number of pyridine rings is 1. The summed E-state index contributed by atoms with van der Waals surface area (Å²) >= 11 is 0. The molecule has 3 aromatic heterocycles. The van der Waals surface area contributed by atoms with Crippen molar-refractivity contribution in [3.05, 3.63) is 76.3 Å². The van der Waals surface area contributed by atoms with E-state index in [1.54, 1.807) is 17.0 Å². The van der Waals surface area contributed by atoms with E-state index in [4.69, 9.17) is 0 Å². The number of hydrogen-bond donors (Lipinski definition) is 1. The van der Waals surface area contributed by atoms with Crippen molar-refractivity contribution in [3.8, 4) is 0 Å². The maximum absolute atomic E-state index is 12.2. The first-order chi connectivity index (χ1) is 10.3. The lowest BCUT2D eigenvalue weighted by molar-refractivity contribution is 0.800. The molecular weight excluding hydrogens is 264 g/mol. The Morgan fingerprint density at radius 1 is 1.10 bits per heavy atom. The zero-order chi connectivity index (χ0) is 14.2. The Morgan fingerprint density at radius 2 is 2.00 bits per heavy atom. The Morgan fingerprint density at radius 3 is 2.95 bits per heavy atom. The molecule has 0 spiro atoms. The average Bonchev–Trinajstić information content (AvgIpc) is 2.91. The van der Waals surface area contributed by atoms with Gasteiger partial charge in [0.1, 0.15) is 0 Å². The van der Waals surface area contributed by atoms with Crippen LogP contribution in [0.1, 0.15) is 12.6 Å². The number of benzene rings is 1. The van der Waals surface area contributed by atoms with Crippen molar-refractivity contribution in [2.24, 2.45) is 0 Å². The quantitative estimate of drug-likeness (QED) is 0.612. The van der Waals surface area contributed by atoms with Gasteiger partial charge in [0.05, 0.1) is 11.7 Å². The van der Waals surface area contributed by atoms with Gasteiger partial charge in [0, 0.05) is 30.7 Å². The van der Waals surface area contributed by atoms with Gasteiger partial charge in [-0.15, -0.1) is 0 Å². The number of aromatic nitrogens is 4. The molecule has 5 heteroatoms. The van der Waals surface area contributed by atoms with Crippen molar-refractivity contribution < 1.29 is 1.43 Å². The minimum Gasteiger partial charge on any atom is -0.322 e. The van der Waals surface area contributed by atoms with Gasteiger partial charge >= 0.3 is 0 Å². The number of nitrogens with one attached hydrogen (secondary N) is 1. The second-order valence-electron chi connectivity index (χ2n) is 4.96. The second-order valence-corrected chi connectivity index (χ2v) is 4.96. The number of para-hydroxylation sites is 1. The van der Waals surface area contributed by atoms with Crippen LogP contribution in [-0.4, -0.2) is 19.8 Å². The summed E-state index contributed by atoms with van der Waals surface area (Å²) < 4.78 is 1.57. The molecular formula is C16H14N4O. The summed E-state index contributed by atoms with van der Waals surface area (Å²) in [6.07, 6.45) is 3.99. The van der Waals surface area contributed by atoms with E-state index in [9.17, 15) is 4.79 Å². The topological polar surface area (TPSA) is 63.0 Å². The Kier molecular flexibility index (Phi) is 2.57. The molecule has 0 radical (unpaired) electrons. The zero-order valence-corrected chi connectivity index (χ0v) is 11.2. The summed E-state index contributed by atoms with van der Waals surface area (Å²) in [6, 6.07) is 13.5. The van der Waals surface area contributed by atoms with Gasteiger partial charge in [0.2, 0.25) is 0 Å². The van der Waals surface area contributed by atoms with Crippen molar-refractivity contribution in [3.63, 3.8) is 0 Å². The molecule has 0 saturated carbocycles. The average molecular weight is 278 g/mol. The molecule has 104 valence electrons. The van der Waals surface area contributed by atoms with Crippen LogP contribution < -0.4 is 5.56 Å². The lowest BCUT2D eigenvalue weighted by Crippen LogP contribution is -2.12. The molecule has 0 amide bonds. The van der Waals surface area contributed by atoms with E-state index in [0.29, 0.717) is 6.42 Å². The molecule has 0 bridgehead atoms. The molecule has 0 fully saturated rings. The molecule has 21 heavy (non-hydrogen) atoms. The maximum Gasteiger partial charge on any atom is 0.251 e. The van der Waals surface area contributed by atoms with Gasteiger partial charge in [0.25, 0.3) is 5.56 Å². The smallest absolute Gasteiger partial charge is 0.251 e. The van der Waals surface area contributed by atoms with E-state index in [1.807, 2.05) is 42.5 Å². The minimum absolute atomic E-state index is 0. The Bertz CT molecular complexity index is 1010. The zero-order valence-electron chi connectivity index (χ0n) is 11.2. The fourth-order valence-corrected chi connectivity index (χ4v) is 2.55.